The van der Waals surface area contributed by atoms with Crippen molar-refractivity contribution in [3.05, 3.63) is 120 Å². The standard InChI is InChI=1S/C73H98N16O18/c1-40(2)60(72(106)89-33-13-20-57(89)69(103)81-50(35-42-14-6-5-7-15-42)64(98)80-49(17-10-30-78-73(76)77)70(104)87-31-11-18-55(87)61(75)95)86-67(101)54(39-91)85-65(99)51(37-59(93)94)82-68(102)56-19-12-32-88(56)71(105)52(36-44-22-26-45(27-23-44)47-16-8-9-21-58(47)107-4)83-62(96)41(3)79-66(100)53(38-90)84-63(97)48(74)34-43-24-28-46(92)29-25-43/h5-9,14-16,21-29,40-41,48-57,60,90-92H,10-13,17-20,30-39,74H2,1-4H3,(H2,75,95)(H,79,100)(H,80,98)(H,81,103)(H,82,102)(H,83,96)(H,84,97)(H,85,99)(H,86,101)(H,93,94)(H4,76,77,78)/t41-,48-,49-,50-,51-,52-,53-,54-,55-,56-,57-,60-/m0/s1. The van der Waals surface area contributed by atoms with E-state index in [1.807, 2.05) is 12.1 Å². The molecule has 34 nitrogen and oxygen atoms in total. The van der Waals surface area contributed by atoms with E-state index in [0.29, 0.717) is 41.7 Å². The molecule has 7 rings (SSSR count). The van der Waals surface area contributed by atoms with Crippen molar-refractivity contribution >= 4 is 82.8 Å². The van der Waals surface area contributed by atoms with E-state index in [2.05, 4.69) is 47.5 Å². The molecular formula is C73H98N16O18. The molecule has 3 aliphatic heterocycles. The summed E-state index contributed by atoms with van der Waals surface area (Å²) in [6, 6.07) is 11.8. The Kier molecular flexibility index (Phi) is 30.8. The van der Waals surface area contributed by atoms with Gasteiger partial charge in [0.1, 0.15) is 78.0 Å². The number of rotatable bonds is 37. The largest absolute Gasteiger partial charge is 0.508 e. The minimum absolute atomic E-state index is 0.00364. The summed E-state index contributed by atoms with van der Waals surface area (Å²) in [6.07, 6.45) is 0.332. The molecule has 0 unspecified atom stereocenters. The normalized spacial score (nSPS) is 17.9. The molecule has 0 aromatic heterocycles. The number of benzene rings is 4. The maximum atomic E-state index is 15.0. The first kappa shape index (κ1) is 83.0. The van der Waals surface area contributed by atoms with Crippen molar-refractivity contribution in [1.82, 2.24) is 57.2 Å². The minimum Gasteiger partial charge on any atom is -0.508 e. The van der Waals surface area contributed by atoms with E-state index < -0.39 is 175 Å². The lowest BCUT2D eigenvalue weighted by Crippen LogP contribution is -2.62. The predicted octanol–water partition coefficient (Wildman–Crippen LogP) is -3.05. The second-order valence-corrected chi connectivity index (χ2v) is 27.0. The first-order chi connectivity index (χ1) is 51.0. The number of guanidine groups is 1. The number of aliphatic hydroxyl groups is 2. The van der Waals surface area contributed by atoms with E-state index in [1.165, 1.54) is 36.0 Å². The van der Waals surface area contributed by atoms with Crippen molar-refractivity contribution in [3.8, 4) is 22.6 Å². The number of primary amides is 1. The number of phenolic OH excluding ortho intramolecular Hbond substituents is 1. The summed E-state index contributed by atoms with van der Waals surface area (Å²) in [4.78, 5) is 189. The molecule has 3 aliphatic rings. The number of aliphatic carboxylic acids is 1. The molecule has 20 N–H and O–H groups in total. The third kappa shape index (κ3) is 23.4. The van der Waals surface area contributed by atoms with Crippen LogP contribution in [-0.2, 0) is 81.6 Å². The molecule has 0 saturated carbocycles. The molecule has 4 aromatic carbocycles. The summed E-state index contributed by atoms with van der Waals surface area (Å²) in [7, 11) is 1.52. The molecule has 0 spiro atoms. The number of carboxylic acids is 1. The van der Waals surface area contributed by atoms with Crippen LogP contribution in [0.15, 0.2) is 108 Å². The lowest BCUT2D eigenvalue weighted by Gasteiger charge is -2.32. The fourth-order valence-corrected chi connectivity index (χ4v) is 13.0. The van der Waals surface area contributed by atoms with Crippen molar-refractivity contribution in [2.75, 3.05) is 46.5 Å². The van der Waals surface area contributed by atoms with E-state index in [9.17, 15) is 82.8 Å². The molecule has 4 aromatic rings. The van der Waals surface area contributed by atoms with E-state index in [4.69, 9.17) is 27.7 Å². The molecule has 0 aliphatic carbocycles. The fraction of sp³-hybridized carbons (Fsp3) is 0.479. The number of carbonyl (C=O) groups is 13. The Balaban J connectivity index is 1.03. The van der Waals surface area contributed by atoms with Crippen LogP contribution in [0.3, 0.4) is 0 Å². The van der Waals surface area contributed by atoms with Crippen molar-refractivity contribution in [3.63, 3.8) is 0 Å². The molecule has 3 saturated heterocycles. The Bertz CT molecular complexity index is 3840. The summed E-state index contributed by atoms with van der Waals surface area (Å²) < 4.78 is 5.54. The number of amides is 12. The van der Waals surface area contributed by atoms with Crippen LogP contribution in [0.25, 0.3) is 11.1 Å². The summed E-state index contributed by atoms with van der Waals surface area (Å²) in [6.45, 7) is 2.67. The molecular weight excluding hydrogens is 1390 g/mol. The van der Waals surface area contributed by atoms with Gasteiger partial charge < -0.3 is 105 Å². The van der Waals surface area contributed by atoms with E-state index in [-0.39, 0.29) is 89.3 Å². The first-order valence-corrected chi connectivity index (χ1v) is 35.4. The van der Waals surface area contributed by atoms with Gasteiger partial charge in [0.15, 0.2) is 5.96 Å². The number of nitrogens with one attached hydrogen (secondary N) is 8. The summed E-state index contributed by atoms with van der Waals surface area (Å²) in [5, 5.41) is 60.7. The zero-order valence-corrected chi connectivity index (χ0v) is 60.2. The van der Waals surface area contributed by atoms with Gasteiger partial charge in [-0.1, -0.05) is 98.8 Å². The highest BCUT2D eigenvalue weighted by atomic mass is 16.5. The molecule has 0 bridgehead atoms. The number of aliphatic imine (C=N–C) groups is 1. The summed E-state index contributed by atoms with van der Waals surface area (Å²) in [5.41, 5.74) is 26.0. The third-order valence-corrected chi connectivity index (χ3v) is 18.8. The monoisotopic (exact) mass is 1490 g/mol. The number of nitrogens with zero attached hydrogens (tertiary/aromatic N) is 4. The number of ether oxygens (including phenoxy) is 1. The average molecular weight is 1490 g/mol. The summed E-state index contributed by atoms with van der Waals surface area (Å²) in [5.74, 6) is -12.4. The Morgan fingerprint density at radius 2 is 0.981 bits per heavy atom. The second kappa shape index (κ2) is 39.7. The van der Waals surface area contributed by atoms with Crippen LogP contribution in [-0.4, -0.2) is 237 Å². The van der Waals surface area contributed by atoms with Gasteiger partial charge >= 0.3 is 5.97 Å². The highest BCUT2D eigenvalue weighted by Gasteiger charge is 2.44. The molecule has 0 radical (unpaired) electrons. The first-order valence-electron chi connectivity index (χ1n) is 35.4. The number of carboxylic acid groups (broad SMARTS) is 1. The van der Waals surface area contributed by atoms with Crippen LogP contribution < -0.4 is 70.2 Å². The van der Waals surface area contributed by atoms with Crippen LogP contribution in [0.2, 0.25) is 0 Å². The lowest BCUT2D eigenvalue weighted by molar-refractivity contribution is -0.145. The van der Waals surface area contributed by atoms with Crippen LogP contribution in [0.5, 0.6) is 11.5 Å². The van der Waals surface area contributed by atoms with Crippen molar-refractivity contribution in [2.45, 2.75) is 170 Å². The highest BCUT2D eigenvalue weighted by Crippen LogP contribution is 2.31. The topological polar surface area (TPSA) is 534 Å². The Morgan fingerprint density at radius 3 is 1.55 bits per heavy atom. The average Bonchev–Trinajstić information content (AvgIpc) is 1.72. The van der Waals surface area contributed by atoms with Gasteiger partial charge in [0.25, 0.3) is 0 Å². The Labute approximate surface area is 618 Å². The van der Waals surface area contributed by atoms with Gasteiger partial charge in [-0.25, -0.2) is 0 Å². The number of carbonyl (C=O) groups excluding carboxylic acids is 12. The quantitative estimate of drug-likeness (QED) is 0.0121. The van der Waals surface area contributed by atoms with Crippen molar-refractivity contribution in [1.29, 1.82) is 0 Å². The van der Waals surface area contributed by atoms with Gasteiger partial charge in [-0.3, -0.25) is 67.3 Å². The van der Waals surface area contributed by atoms with Gasteiger partial charge in [0.05, 0.1) is 32.8 Å². The lowest BCUT2D eigenvalue weighted by atomic mass is 9.99. The van der Waals surface area contributed by atoms with Crippen LogP contribution in [0, 0.1) is 5.92 Å². The van der Waals surface area contributed by atoms with E-state index >= 15 is 0 Å². The number of hydrogen-bond acceptors (Lipinski definition) is 19. The van der Waals surface area contributed by atoms with Gasteiger partial charge in [0.2, 0.25) is 70.9 Å². The van der Waals surface area contributed by atoms with Crippen molar-refractivity contribution < 1.29 is 87.5 Å². The molecule has 12 amide bonds. The molecule has 3 heterocycles. The van der Waals surface area contributed by atoms with Gasteiger partial charge in [-0.15, -0.1) is 0 Å². The smallest absolute Gasteiger partial charge is 0.305 e. The maximum Gasteiger partial charge on any atom is 0.305 e. The molecule has 3 fully saturated rings. The SMILES string of the molecule is COc1ccccc1-c1ccc(C[C@H](NC(=O)[C@H](C)NC(=O)[C@H](CO)NC(=O)[C@@H](N)Cc2ccc(O)cc2)C(=O)N2CCC[C@H]2C(=O)N[C@@H](CC(=O)O)C(=O)N[C@@H](CO)C(=O)N[C@H](C(=O)N2CCC[C@H]2C(=O)N[C@@H](Cc2ccccc2)C(=O)N[C@@H](CCCN=C(N)N)C(=O)N2CCC[C@H]2C(N)=O)C(C)C)cc1. The molecule has 12 atom stereocenters. The highest BCUT2D eigenvalue weighted by molar-refractivity contribution is 6.00. The van der Waals surface area contributed by atoms with Crippen LogP contribution in [0.1, 0.15) is 95.2 Å². The predicted molar refractivity (Wildman–Crippen MR) is 388 cm³/mol. The maximum absolute atomic E-state index is 15.0. The minimum atomic E-state index is -1.95. The van der Waals surface area contributed by atoms with Gasteiger partial charge in [-0.05, 0) is 111 Å². The zero-order valence-electron chi connectivity index (χ0n) is 60.2. The zero-order chi connectivity index (χ0) is 78.2. The second-order valence-electron chi connectivity index (χ2n) is 27.0. The van der Waals surface area contributed by atoms with Crippen LogP contribution in [0.4, 0.5) is 0 Å². The van der Waals surface area contributed by atoms with Crippen molar-refractivity contribution in [2.24, 2.45) is 33.8 Å². The number of nitrogens with two attached hydrogens (primary N) is 4. The van der Waals surface area contributed by atoms with E-state index in [1.54, 1.807) is 92.7 Å². The third-order valence-electron chi connectivity index (χ3n) is 18.8. The Hall–Kier alpha value is -11.3. The number of para-hydroxylation sites is 1. The molecule has 34 heteroatoms. The fourth-order valence-electron chi connectivity index (χ4n) is 13.0. The van der Waals surface area contributed by atoms with Gasteiger partial charge in [0, 0.05) is 44.6 Å². The summed E-state index contributed by atoms with van der Waals surface area (Å²) >= 11 is 0. The van der Waals surface area contributed by atoms with E-state index in [0.717, 1.165) is 16.0 Å². The number of phenols is 1. The number of aliphatic hydroxyl groups excluding tert-OH is 2. The van der Waals surface area contributed by atoms with Gasteiger partial charge in [-0.2, -0.15) is 0 Å². The molecule has 107 heavy (non-hydrogen) atoms. The molecule has 578 valence electrons. The number of aromatic hydroxyl groups is 1. The number of likely N-dealkylation sites (tertiary alicyclic amines) is 3. The Morgan fingerprint density at radius 1 is 0.514 bits per heavy atom. The number of methoxy groups -OCH3 is 1. The number of hydrogen-bond donors (Lipinski definition) is 16. The van der Waals surface area contributed by atoms with Crippen LogP contribution >= 0.6 is 0 Å².